The molecule has 1 amide bonds. The normalized spacial score (nSPS) is 16.8. The number of unbranched alkanes of at least 4 members (excludes halogenated alkanes) is 1. The van der Waals surface area contributed by atoms with Crippen LogP contribution < -0.4 is 10.1 Å². The molecule has 0 heterocycles. The molecule has 0 aliphatic heterocycles. The van der Waals surface area contributed by atoms with Gasteiger partial charge in [-0.05, 0) is 68.2 Å². The topological polar surface area (TPSA) is 77.5 Å². The quantitative estimate of drug-likeness (QED) is 0.0853. The van der Waals surface area contributed by atoms with Crippen LogP contribution in [0.1, 0.15) is 19.3 Å². The van der Waals surface area contributed by atoms with Crippen LogP contribution in [0.15, 0.2) is 24.3 Å². The van der Waals surface area contributed by atoms with Gasteiger partial charge in [-0.3, -0.25) is 9.53 Å². The van der Waals surface area contributed by atoms with E-state index >= 15 is 4.39 Å². The van der Waals surface area contributed by atoms with E-state index in [2.05, 4.69) is 4.74 Å². The van der Waals surface area contributed by atoms with Gasteiger partial charge in [0.25, 0.3) is 11.6 Å². The Labute approximate surface area is 291 Å². The van der Waals surface area contributed by atoms with Crippen molar-refractivity contribution in [2.45, 2.75) is 113 Å². The first kappa shape index (κ1) is 48.1. The molecule has 52 heavy (non-hydrogen) atoms. The molecule has 0 fully saturated rings. The molecule has 25 heteroatoms. The van der Waals surface area contributed by atoms with E-state index in [1.54, 1.807) is 19.2 Å². The smallest absolute Gasteiger partial charge is 0.436 e. The minimum absolute atomic E-state index is 0.180. The highest BCUT2D eigenvalue weighted by molar-refractivity contribution is 6.91. The van der Waals surface area contributed by atoms with Gasteiger partial charge in [0.05, 0.1) is 14.7 Å². The molecular formula is C27H38F15NO6Si3. The maximum Gasteiger partial charge on any atom is 0.478 e. The monoisotopic (exact) mass is 841 g/mol. The average Bonchev–Trinajstić information content (AvgIpc) is 2.96. The maximum atomic E-state index is 15.5. The van der Waals surface area contributed by atoms with E-state index in [-0.39, 0.29) is 5.69 Å². The first-order chi connectivity index (χ1) is 22.9. The third-order valence-corrected chi connectivity index (χ3v) is 17.2. The lowest BCUT2D eigenvalue weighted by atomic mass is 9.96. The van der Waals surface area contributed by atoms with Crippen LogP contribution in [0.25, 0.3) is 0 Å². The fourth-order valence-corrected chi connectivity index (χ4v) is 16.8. The molecule has 0 aromatic heterocycles. The number of carbonyl (C=O) groups excluding carboxylic acids is 1. The maximum absolute atomic E-state index is 15.5. The van der Waals surface area contributed by atoms with Crippen LogP contribution in [-0.4, -0.2) is 91.5 Å². The summed E-state index contributed by atoms with van der Waals surface area (Å²) in [6.45, 7) is 8.92. The van der Waals surface area contributed by atoms with Gasteiger partial charge < -0.3 is 18.5 Å². The number of rotatable bonds is 19. The zero-order valence-corrected chi connectivity index (χ0v) is 31.7. The molecule has 0 radical (unpaired) electrons. The van der Waals surface area contributed by atoms with Gasteiger partial charge in [-0.15, -0.1) is 4.94 Å². The summed E-state index contributed by atoms with van der Waals surface area (Å²) in [6, 6.07) is 6.86. The summed E-state index contributed by atoms with van der Waals surface area (Å²) in [7, 11) is -6.78. The average molecular weight is 842 g/mol. The van der Waals surface area contributed by atoms with Crippen LogP contribution in [0.4, 0.5) is 71.7 Å². The zero-order valence-electron chi connectivity index (χ0n) is 28.7. The van der Waals surface area contributed by atoms with Gasteiger partial charge in [0, 0.05) is 12.7 Å². The van der Waals surface area contributed by atoms with Crippen molar-refractivity contribution in [3.05, 3.63) is 24.3 Å². The molecule has 0 aliphatic rings. The summed E-state index contributed by atoms with van der Waals surface area (Å²) in [5, 5.41) is 0.648. The molecule has 2 unspecified atom stereocenters. The molecule has 1 aromatic rings. The Morgan fingerprint density at radius 2 is 1.31 bits per heavy atom. The highest BCUT2D eigenvalue weighted by Crippen LogP contribution is 2.52. The van der Waals surface area contributed by atoms with E-state index < -0.39 is 98.9 Å². The molecule has 0 saturated carbocycles. The molecule has 2 atom stereocenters. The van der Waals surface area contributed by atoms with Crippen LogP contribution >= 0.6 is 0 Å². The van der Waals surface area contributed by atoms with Crippen molar-refractivity contribution in [3.8, 4) is 0 Å². The molecule has 0 saturated heterocycles. The Hall–Kier alpha value is -1.91. The highest BCUT2D eigenvalue weighted by atomic mass is 28.4. The van der Waals surface area contributed by atoms with Crippen LogP contribution in [0.5, 0.6) is 0 Å². The molecule has 1 aromatic carbocycles. The second-order valence-corrected chi connectivity index (χ2v) is 26.1. The highest BCUT2D eigenvalue weighted by Gasteiger charge is 2.80. The Morgan fingerprint density at radius 1 is 0.769 bits per heavy atom. The van der Waals surface area contributed by atoms with Crippen molar-refractivity contribution in [1.82, 2.24) is 0 Å². The number of hydrogen-bond donors (Lipinski definition) is 1. The van der Waals surface area contributed by atoms with Gasteiger partial charge in [-0.1, -0.05) is 36.5 Å². The van der Waals surface area contributed by atoms with Crippen molar-refractivity contribution in [2.24, 2.45) is 0 Å². The fourth-order valence-electron chi connectivity index (χ4n) is 4.70. The predicted molar refractivity (Wildman–Crippen MR) is 163 cm³/mol. The van der Waals surface area contributed by atoms with Crippen molar-refractivity contribution in [1.29, 1.82) is 0 Å². The van der Waals surface area contributed by atoms with Crippen molar-refractivity contribution in [3.63, 3.8) is 0 Å². The van der Waals surface area contributed by atoms with Gasteiger partial charge in [0.15, 0.2) is 8.32 Å². The number of amides is 1. The Morgan fingerprint density at radius 3 is 1.77 bits per heavy atom. The number of benzene rings is 1. The minimum atomic E-state index is -7.28. The number of halogens is 15. The van der Waals surface area contributed by atoms with E-state index in [1.165, 1.54) is 23.1 Å². The number of ether oxygens (including phenoxy) is 2. The number of anilines is 1. The lowest BCUT2D eigenvalue weighted by Crippen LogP contribution is -2.63. The van der Waals surface area contributed by atoms with Crippen LogP contribution in [0.2, 0.25) is 51.4 Å². The molecule has 0 spiro atoms. The van der Waals surface area contributed by atoms with Crippen LogP contribution in [0, 0.1) is 0 Å². The first-order valence-electron chi connectivity index (χ1n) is 15.0. The van der Waals surface area contributed by atoms with Crippen LogP contribution in [-0.2, 0) is 23.3 Å². The lowest BCUT2D eigenvalue weighted by Gasteiger charge is -2.36. The second kappa shape index (κ2) is 16.1. The van der Waals surface area contributed by atoms with Gasteiger partial charge >= 0.3 is 45.1 Å². The van der Waals surface area contributed by atoms with Crippen molar-refractivity contribution < 1.29 is 94.1 Å². The summed E-state index contributed by atoms with van der Waals surface area (Å²) in [4.78, 5) is 24.8. The zero-order chi connectivity index (χ0) is 41.2. The summed E-state index contributed by atoms with van der Waals surface area (Å²) in [5.74, 6) is -9.30. The predicted octanol–water partition coefficient (Wildman–Crippen LogP) is 8.86. The first-order valence-corrected chi connectivity index (χ1v) is 24.2. The third kappa shape index (κ3) is 11.5. The van der Waals surface area contributed by atoms with Crippen molar-refractivity contribution >= 4 is 41.7 Å². The van der Waals surface area contributed by atoms with Crippen LogP contribution in [0.3, 0.4) is 0 Å². The Kier molecular flexibility index (Phi) is 14.9. The summed E-state index contributed by atoms with van der Waals surface area (Å²) < 4.78 is 214. The Balaban J connectivity index is 3.15. The molecule has 0 bridgehead atoms. The summed E-state index contributed by atoms with van der Waals surface area (Å²) in [6.07, 6.45) is -38.1. The third-order valence-electron chi connectivity index (χ3n) is 7.63. The number of hydrogen-bond acceptors (Lipinski definition) is 6. The van der Waals surface area contributed by atoms with E-state index in [4.69, 9.17) is 4.12 Å². The van der Waals surface area contributed by atoms with E-state index in [1.807, 2.05) is 30.9 Å². The SMILES string of the molecule is CN(C(=O)C(F)(CCCCOC(F)(F)C(F)(OC(F)(F)C(F)(F)OF)C(F)(F)F)C(F)(F)F)c1cccc([Si](C)(C)CC[Si](C)(C)O[Si](C)(C)O)c1. The number of carbonyl (C=O) groups is 1. The number of alkyl halides is 14. The molecule has 1 N–H and O–H groups in total. The van der Waals surface area contributed by atoms with Gasteiger partial charge in [0.1, 0.15) is 0 Å². The van der Waals surface area contributed by atoms with E-state index in [9.17, 15) is 71.2 Å². The van der Waals surface area contributed by atoms with E-state index in [0.29, 0.717) is 22.2 Å². The second-order valence-electron chi connectivity index (χ2n) is 13.5. The fraction of sp³-hybridized carbons (Fsp3) is 0.741. The number of nitrogens with zero attached hydrogens (tertiary/aromatic N) is 1. The van der Waals surface area contributed by atoms with Gasteiger partial charge in [0.2, 0.25) is 0 Å². The summed E-state index contributed by atoms with van der Waals surface area (Å²) in [5.41, 5.74) is -4.92. The molecule has 304 valence electrons. The van der Waals surface area contributed by atoms with Crippen molar-refractivity contribution in [2.75, 3.05) is 18.6 Å². The molecular weight excluding hydrogens is 804 g/mol. The standard InChI is InChI=1S/C27H38F15NO6Si3/c1-43(18-11-10-12-19(17-18)50(2,3)15-16-51(4,5)49-52(6,7)45)20(44)21(28,23(30,31)32)13-8-9-14-46-25(36,37)22(29,24(33,34)35)47-26(38,39)27(40,41)48-42/h10-12,17,45H,8-9,13-16H2,1-7H3. The summed E-state index contributed by atoms with van der Waals surface area (Å²) >= 11 is 0. The molecule has 0 aliphatic carbocycles. The molecule has 1 rings (SSSR count). The molecule has 7 nitrogen and oxygen atoms in total. The lowest BCUT2D eigenvalue weighted by molar-refractivity contribution is -0.554. The van der Waals surface area contributed by atoms with E-state index in [0.717, 1.165) is 7.05 Å². The van der Waals surface area contributed by atoms with Gasteiger partial charge in [-0.2, -0.15) is 57.1 Å². The van der Waals surface area contributed by atoms with Gasteiger partial charge in [-0.25, -0.2) is 4.39 Å². The minimum Gasteiger partial charge on any atom is -0.436 e. The Bertz CT molecular complexity index is 1360. The largest absolute Gasteiger partial charge is 0.478 e.